The number of anilines is 3. The molecular formula is C34H35ClN8O. The van der Waals surface area contributed by atoms with E-state index in [0.717, 1.165) is 83.8 Å². The highest BCUT2D eigenvalue weighted by molar-refractivity contribution is 6.36. The predicted molar refractivity (Wildman–Crippen MR) is 176 cm³/mol. The second-order valence-electron chi connectivity index (χ2n) is 11.8. The van der Waals surface area contributed by atoms with Crippen LogP contribution in [0.1, 0.15) is 39.6 Å². The van der Waals surface area contributed by atoms with Gasteiger partial charge in [-0.15, -0.1) is 0 Å². The maximum atomic E-state index is 13.4. The number of aromatic nitrogens is 4. The smallest absolute Gasteiger partial charge is 0.291 e. The molecule has 7 rings (SSSR count). The van der Waals surface area contributed by atoms with E-state index in [2.05, 4.69) is 43.5 Å². The van der Waals surface area contributed by atoms with E-state index >= 15 is 0 Å². The number of likely N-dealkylation sites (N-methyl/N-ethyl adjacent to an activating group) is 1. The van der Waals surface area contributed by atoms with Gasteiger partial charge in [-0.2, -0.15) is 0 Å². The minimum absolute atomic E-state index is 0.228. The minimum Gasteiger partial charge on any atom is -0.337 e. The number of benzene rings is 2. The van der Waals surface area contributed by atoms with Gasteiger partial charge in [0.1, 0.15) is 5.52 Å². The van der Waals surface area contributed by atoms with Crippen molar-refractivity contribution in [3.63, 3.8) is 0 Å². The number of nitrogens with zero attached hydrogens (tertiary/aromatic N) is 6. The van der Waals surface area contributed by atoms with Gasteiger partial charge in [-0.3, -0.25) is 14.7 Å². The van der Waals surface area contributed by atoms with Crippen LogP contribution in [0.4, 0.5) is 17.2 Å². The average molecular weight is 607 g/mol. The lowest BCUT2D eigenvalue weighted by molar-refractivity contribution is 0.101. The largest absolute Gasteiger partial charge is 0.337 e. The van der Waals surface area contributed by atoms with Crippen LogP contribution in [0.5, 0.6) is 0 Å². The number of imidazole rings is 1. The Bertz CT molecular complexity index is 1900. The van der Waals surface area contributed by atoms with Crippen LogP contribution in [0.3, 0.4) is 0 Å². The summed E-state index contributed by atoms with van der Waals surface area (Å²) in [6.07, 6.45) is 5.88. The first-order valence-electron chi connectivity index (χ1n) is 15.0. The zero-order chi connectivity index (χ0) is 30.4. The summed E-state index contributed by atoms with van der Waals surface area (Å²) in [5.74, 6) is 0.843. The molecule has 10 heteroatoms. The van der Waals surface area contributed by atoms with E-state index < -0.39 is 0 Å². The Morgan fingerprint density at radius 2 is 1.80 bits per heavy atom. The van der Waals surface area contributed by atoms with E-state index in [1.54, 1.807) is 6.20 Å². The summed E-state index contributed by atoms with van der Waals surface area (Å²) < 4.78 is 1.92. The highest BCUT2D eigenvalue weighted by atomic mass is 35.5. The Morgan fingerprint density at radius 3 is 2.59 bits per heavy atom. The van der Waals surface area contributed by atoms with Gasteiger partial charge in [0.05, 0.1) is 16.4 Å². The lowest BCUT2D eigenvalue weighted by Crippen LogP contribution is -2.36. The molecule has 224 valence electrons. The Hall–Kier alpha value is -4.31. The molecule has 0 atom stereocenters. The van der Waals surface area contributed by atoms with Crippen molar-refractivity contribution in [2.24, 2.45) is 7.05 Å². The summed E-state index contributed by atoms with van der Waals surface area (Å²) in [4.78, 5) is 32.1. The molecule has 2 aromatic carbocycles. The molecule has 44 heavy (non-hydrogen) atoms. The van der Waals surface area contributed by atoms with Gasteiger partial charge in [-0.05, 0) is 74.4 Å². The van der Waals surface area contributed by atoms with Crippen molar-refractivity contribution in [2.75, 3.05) is 37.3 Å². The Kier molecular flexibility index (Phi) is 7.53. The Morgan fingerprint density at radius 1 is 1.00 bits per heavy atom. The molecule has 9 nitrogen and oxygen atoms in total. The molecular weight excluding hydrogens is 572 g/mol. The SMILES string of the molecule is Cc1c(NC(=O)c2nc3c(n2C)CCN(C)C3)cccc1-c1cccc(Nc2nccc3cc(CN4CCC4)cnc23)c1Cl. The van der Waals surface area contributed by atoms with Gasteiger partial charge in [-0.1, -0.05) is 35.9 Å². The van der Waals surface area contributed by atoms with Crippen molar-refractivity contribution in [2.45, 2.75) is 32.9 Å². The molecule has 1 fully saturated rings. The van der Waals surface area contributed by atoms with Crippen LogP contribution >= 0.6 is 11.6 Å². The van der Waals surface area contributed by atoms with Crippen LogP contribution in [0.15, 0.2) is 60.9 Å². The molecule has 2 aliphatic rings. The van der Waals surface area contributed by atoms with Gasteiger partial charge in [0.25, 0.3) is 5.91 Å². The standard InChI is InChI=1S/C34H35ClN8O/c1-21-24(7-4-9-26(21)40-34(44)33-39-28-20-41(2)16-12-29(28)42(33)3)25-8-5-10-27(30(25)35)38-32-31-23(11-13-36-32)17-22(18-37-31)19-43-14-6-15-43/h4-5,7-11,13,17-18H,6,12,14-16,19-20H2,1-3H3,(H,36,38)(H,40,44). The summed E-state index contributed by atoms with van der Waals surface area (Å²) >= 11 is 7.04. The number of hydrogen-bond acceptors (Lipinski definition) is 7. The van der Waals surface area contributed by atoms with E-state index in [4.69, 9.17) is 16.6 Å². The van der Waals surface area contributed by atoms with Gasteiger partial charge in [0, 0.05) is 67.8 Å². The maximum Gasteiger partial charge on any atom is 0.291 e. The van der Waals surface area contributed by atoms with Crippen LogP contribution in [0, 0.1) is 6.92 Å². The van der Waals surface area contributed by atoms with Crippen LogP contribution in [-0.2, 0) is 26.6 Å². The first-order chi connectivity index (χ1) is 21.4. The average Bonchev–Trinajstić information content (AvgIpc) is 3.32. The maximum absolute atomic E-state index is 13.4. The zero-order valence-electron chi connectivity index (χ0n) is 25.2. The fourth-order valence-corrected chi connectivity index (χ4v) is 6.42. The van der Waals surface area contributed by atoms with Crippen molar-refractivity contribution in [1.29, 1.82) is 0 Å². The molecule has 0 aliphatic carbocycles. The number of pyridine rings is 2. The number of rotatable bonds is 7. The molecule has 0 spiro atoms. The third-order valence-electron chi connectivity index (χ3n) is 8.78. The van der Waals surface area contributed by atoms with Gasteiger partial charge in [-0.25, -0.2) is 9.97 Å². The van der Waals surface area contributed by atoms with Gasteiger partial charge in [0.2, 0.25) is 0 Å². The van der Waals surface area contributed by atoms with Crippen LogP contribution in [-0.4, -0.2) is 61.9 Å². The van der Waals surface area contributed by atoms with Crippen LogP contribution < -0.4 is 10.6 Å². The first kappa shape index (κ1) is 28.5. The summed E-state index contributed by atoms with van der Waals surface area (Å²) in [6.45, 7) is 6.91. The van der Waals surface area contributed by atoms with Crippen LogP contribution in [0.25, 0.3) is 22.0 Å². The lowest BCUT2D eigenvalue weighted by atomic mass is 9.98. The number of carbonyl (C=O) groups excluding carboxylic acids is 1. The number of likely N-dealkylation sites (tertiary alicyclic amines) is 1. The summed E-state index contributed by atoms with van der Waals surface area (Å²) in [5, 5.41) is 8.13. The Balaban J connectivity index is 1.15. The lowest BCUT2D eigenvalue weighted by Gasteiger charge is -2.30. The van der Waals surface area contributed by atoms with Crippen molar-refractivity contribution in [3.8, 4) is 11.1 Å². The Labute approximate surface area is 261 Å². The molecule has 0 unspecified atom stereocenters. The third-order valence-corrected chi connectivity index (χ3v) is 9.19. The molecule has 2 aliphatic heterocycles. The van der Waals surface area contributed by atoms with Crippen molar-refractivity contribution >= 4 is 45.6 Å². The molecule has 5 heterocycles. The fourth-order valence-electron chi connectivity index (χ4n) is 6.15. The minimum atomic E-state index is -0.228. The fraction of sp³-hybridized carbons (Fsp3) is 0.294. The quantitative estimate of drug-likeness (QED) is 0.229. The highest BCUT2D eigenvalue weighted by Gasteiger charge is 2.24. The monoisotopic (exact) mass is 606 g/mol. The molecule has 5 aromatic rings. The third kappa shape index (κ3) is 5.32. The number of amides is 1. The van der Waals surface area contributed by atoms with Crippen molar-refractivity contribution < 1.29 is 4.79 Å². The predicted octanol–water partition coefficient (Wildman–Crippen LogP) is 6.18. The zero-order valence-corrected chi connectivity index (χ0v) is 25.9. The molecule has 0 bridgehead atoms. The summed E-state index contributed by atoms with van der Waals surface area (Å²) in [6, 6.07) is 15.9. The highest BCUT2D eigenvalue weighted by Crippen LogP contribution is 2.39. The number of hydrogen-bond donors (Lipinski definition) is 2. The van der Waals surface area contributed by atoms with Gasteiger partial charge in [0.15, 0.2) is 11.6 Å². The number of nitrogens with one attached hydrogen (secondary N) is 2. The first-order valence-corrected chi connectivity index (χ1v) is 15.4. The summed E-state index contributed by atoms with van der Waals surface area (Å²) in [5.41, 5.74) is 8.23. The normalized spacial score (nSPS) is 15.2. The number of fused-ring (bicyclic) bond motifs is 2. The van der Waals surface area contributed by atoms with Gasteiger partial charge < -0.3 is 20.1 Å². The topological polar surface area (TPSA) is 91.2 Å². The second kappa shape index (κ2) is 11.6. The molecule has 0 saturated carbocycles. The van der Waals surface area contributed by atoms with Crippen molar-refractivity contribution in [1.82, 2.24) is 29.3 Å². The van der Waals surface area contributed by atoms with Crippen molar-refractivity contribution in [3.05, 3.63) is 94.3 Å². The van der Waals surface area contributed by atoms with Gasteiger partial charge >= 0.3 is 0 Å². The van der Waals surface area contributed by atoms with Crippen LogP contribution in [0.2, 0.25) is 5.02 Å². The molecule has 1 amide bonds. The molecule has 0 radical (unpaired) electrons. The molecule has 2 N–H and O–H groups in total. The second-order valence-corrected chi connectivity index (χ2v) is 12.2. The van der Waals surface area contributed by atoms with E-state index in [9.17, 15) is 4.79 Å². The number of carbonyl (C=O) groups is 1. The van der Waals surface area contributed by atoms with E-state index in [0.29, 0.717) is 22.4 Å². The van der Waals surface area contributed by atoms with E-state index in [1.807, 2.05) is 67.2 Å². The molecule has 1 saturated heterocycles. The van der Waals surface area contributed by atoms with E-state index in [1.165, 1.54) is 12.0 Å². The number of halogens is 1. The molecule has 3 aromatic heterocycles. The summed E-state index contributed by atoms with van der Waals surface area (Å²) in [7, 11) is 3.99. The van der Waals surface area contributed by atoms with E-state index in [-0.39, 0.29) is 5.91 Å².